The third kappa shape index (κ3) is 2.59. The minimum Gasteiger partial charge on any atom is -0.496 e. The Morgan fingerprint density at radius 3 is 2.55 bits per heavy atom. The van der Waals surface area contributed by atoms with Crippen LogP contribution in [0.15, 0.2) is 45.6 Å². The number of fused-ring (bicyclic) bond motifs is 1. The van der Waals surface area contributed by atoms with E-state index in [1.165, 1.54) is 6.07 Å². The molecular formula is C16H16O4. The van der Waals surface area contributed by atoms with Crippen molar-refractivity contribution in [2.24, 2.45) is 0 Å². The minimum absolute atomic E-state index is 0.419. The number of rotatable bonds is 4. The first-order chi connectivity index (χ1) is 9.56. The van der Waals surface area contributed by atoms with Crippen molar-refractivity contribution in [3.8, 4) is 11.5 Å². The minimum atomic E-state index is -0.419. The number of allylic oxidation sites excluding steroid dienone is 2. The molecule has 104 valence electrons. The molecule has 0 fully saturated rings. The molecule has 1 aromatic carbocycles. The van der Waals surface area contributed by atoms with E-state index in [1.807, 2.05) is 19.1 Å². The molecule has 0 N–H and O–H groups in total. The molecule has 2 rings (SSSR count). The maximum absolute atomic E-state index is 11.5. The standard InChI is InChI=1S/C16H16O4/c1-10(2)5-6-11-13(18-3)9-14(19-4)12-7-8-15(17)20-16(11)12/h5-9H,1H2,2-4H3/b6-5+. The molecule has 0 radical (unpaired) electrons. The fourth-order valence-corrected chi connectivity index (χ4v) is 1.92. The Balaban J connectivity index is 2.85. The van der Waals surface area contributed by atoms with Gasteiger partial charge in [0.15, 0.2) is 5.58 Å². The van der Waals surface area contributed by atoms with Crippen molar-refractivity contribution in [1.82, 2.24) is 0 Å². The summed E-state index contributed by atoms with van der Waals surface area (Å²) in [5.41, 5.74) is 1.59. The van der Waals surface area contributed by atoms with Crippen LogP contribution in [0.25, 0.3) is 17.0 Å². The van der Waals surface area contributed by atoms with Gasteiger partial charge in [0.05, 0.1) is 25.2 Å². The van der Waals surface area contributed by atoms with Crippen LogP contribution in [0.3, 0.4) is 0 Å². The van der Waals surface area contributed by atoms with E-state index in [-0.39, 0.29) is 0 Å². The molecule has 1 heterocycles. The third-order valence-corrected chi connectivity index (χ3v) is 2.85. The SMILES string of the molecule is C=C(C)/C=C/c1c(OC)cc(OC)c2ccc(=O)oc12. The highest BCUT2D eigenvalue weighted by molar-refractivity contribution is 5.93. The smallest absolute Gasteiger partial charge is 0.336 e. The van der Waals surface area contributed by atoms with Crippen LogP contribution < -0.4 is 15.1 Å². The van der Waals surface area contributed by atoms with Gasteiger partial charge in [0.25, 0.3) is 0 Å². The fourth-order valence-electron chi connectivity index (χ4n) is 1.92. The van der Waals surface area contributed by atoms with Crippen molar-refractivity contribution < 1.29 is 13.9 Å². The molecule has 0 spiro atoms. The summed E-state index contributed by atoms with van der Waals surface area (Å²) in [6.07, 6.45) is 3.64. The second-order valence-corrected chi connectivity index (χ2v) is 4.37. The van der Waals surface area contributed by atoms with E-state index >= 15 is 0 Å². The van der Waals surface area contributed by atoms with Gasteiger partial charge in [-0.2, -0.15) is 0 Å². The predicted molar refractivity (Wildman–Crippen MR) is 79.4 cm³/mol. The Kier molecular flexibility index (Phi) is 3.94. The molecule has 4 nitrogen and oxygen atoms in total. The Labute approximate surface area is 116 Å². The van der Waals surface area contributed by atoms with Gasteiger partial charge in [-0.05, 0) is 19.1 Å². The summed E-state index contributed by atoms with van der Waals surface area (Å²) in [5.74, 6) is 1.16. The zero-order chi connectivity index (χ0) is 14.7. The number of hydrogen-bond acceptors (Lipinski definition) is 4. The van der Waals surface area contributed by atoms with Gasteiger partial charge in [-0.3, -0.25) is 0 Å². The van der Waals surface area contributed by atoms with E-state index in [9.17, 15) is 4.79 Å². The molecule has 2 aromatic rings. The summed E-state index contributed by atoms with van der Waals surface area (Å²) < 4.78 is 16.0. The lowest BCUT2D eigenvalue weighted by Crippen LogP contribution is -1.99. The Morgan fingerprint density at radius 1 is 1.25 bits per heavy atom. The van der Waals surface area contributed by atoms with Gasteiger partial charge in [-0.25, -0.2) is 4.79 Å². The van der Waals surface area contributed by atoms with Crippen LogP contribution in [0, 0.1) is 0 Å². The van der Waals surface area contributed by atoms with Crippen molar-refractivity contribution in [2.75, 3.05) is 14.2 Å². The molecule has 1 aromatic heterocycles. The van der Waals surface area contributed by atoms with Crippen LogP contribution in [0.4, 0.5) is 0 Å². The fraction of sp³-hybridized carbons (Fsp3) is 0.188. The van der Waals surface area contributed by atoms with Gasteiger partial charge in [-0.1, -0.05) is 18.2 Å². The van der Waals surface area contributed by atoms with Crippen LogP contribution in [0.1, 0.15) is 12.5 Å². The molecule has 0 saturated heterocycles. The largest absolute Gasteiger partial charge is 0.496 e. The second-order valence-electron chi connectivity index (χ2n) is 4.37. The zero-order valence-electron chi connectivity index (χ0n) is 11.7. The van der Waals surface area contributed by atoms with Crippen molar-refractivity contribution >= 4 is 17.0 Å². The van der Waals surface area contributed by atoms with Crippen LogP contribution >= 0.6 is 0 Å². The Morgan fingerprint density at radius 2 is 1.95 bits per heavy atom. The van der Waals surface area contributed by atoms with Crippen molar-refractivity contribution in [3.05, 3.63) is 52.4 Å². The van der Waals surface area contributed by atoms with Gasteiger partial charge in [0.2, 0.25) is 0 Å². The maximum atomic E-state index is 11.5. The summed E-state index contributed by atoms with van der Waals surface area (Å²) in [7, 11) is 3.11. The van der Waals surface area contributed by atoms with Crippen molar-refractivity contribution in [1.29, 1.82) is 0 Å². The number of hydrogen-bond donors (Lipinski definition) is 0. The lowest BCUT2D eigenvalue weighted by molar-refractivity contribution is 0.395. The van der Waals surface area contributed by atoms with Crippen molar-refractivity contribution in [3.63, 3.8) is 0 Å². The molecule has 0 aliphatic heterocycles. The van der Waals surface area contributed by atoms with Crippen LogP contribution in [-0.2, 0) is 0 Å². The van der Waals surface area contributed by atoms with E-state index in [0.29, 0.717) is 28.0 Å². The van der Waals surface area contributed by atoms with Crippen LogP contribution in [0.5, 0.6) is 11.5 Å². The number of methoxy groups -OCH3 is 2. The van der Waals surface area contributed by atoms with E-state index in [2.05, 4.69) is 6.58 Å². The van der Waals surface area contributed by atoms with E-state index in [4.69, 9.17) is 13.9 Å². The average Bonchev–Trinajstić information content (AvgIpc) is 2.43. The van der Waals surface area contributed by atoms with Gasteiger partial charge >= 0.3 is 5.63 Å². The first-order valence-corrected chi connectivity index (χ1v) is 6.09. The molecule has 4 heteroatoms. The summed E-state index contributed by atoms with van der Waals surface area (Å²) >= 11 is 0. The Bertz CT molecular complexity index is 738. The summed E-state index contributed by atoms with van der Waals surface area (Å²) in [6, 6.07) is 4.81. The van der Waals surface area contributed by atoms with Crippen LogP contribution in [-0.4, -0.2) is 14.2 Å². The monoisotopic (exact) mass is 272 g/mol. The van der Waals surface area contributed by atoms with E-state index in [0.717, 1.165) is 5.57 Å². The topological polar surface area (TPSA) is 48.7 Å². The highest BCUT2D eigenvalue weighted by Crippen LogP contribution is 2.36. The average molecular weight is 272 g/mol. The lowest BCUT2D eigenvalue weighted by Gasteiger charge is -2.11. The molecule has 0 aliphatic carbocycles. The normalized spacial score (nSPS) is 10.9. The molecule has 0 aliphatic rings. The quantitative estimate of drug-likeness (QED) is 0.632. The molecule has 0 amide bonds. The summed E-state index contributed by atoms with van der Waals surface area (Å²) in [5, 5.41) is 0.717. The third-order valence-electron chi connectivity index (χ3n) is 2.85. The van der Waals surface area contributed by atoms with Gasteiger partial charge in [0, 0.05) is 12.1 Å². The maximum Gasteiger partial charge on any atom is 0.336 e. The highest BCUT2D eigenvalue weighted by atomic mass is 16.5. The number of benzene rings is 1. The lowest BCUT2D eigenvalue weighted by atomic mass is 10.1. The molecule has 0 atom stereocenters. The first-order valence-electron chi connectivity index (χ1n) is 6.09. The Hall–Kier alpha value is -2.49. The molecule has 0 bridgehead atoms. The van der Waals surface area contributed by atoms with Gasteiger partial charge < -0.3 is 13.9 Å². The highest BCUT2D eigenvalue weighted by Gasteiger charge is 2.14. The molecule has 0 unspecified atom stereocenters. The second kappa shape index (κ2) is 5.65. The van der Waals surface area contributed by atoms with E-state index < -0.39 is 5.63 Å². The first kappa shape index (κ1) is 13.9. The van der Waals surface area contributed by atoms with Crippen LogP contribution in [0.2, 0.25) is 0 Å². The van der Waals surface area contributed by atoms with E-state index in [1.54, 1.807) is 26.4 Å². The zero-order valence-corrected chi connectivity index (χ0v) is 11.7. The molecule has 20 heavy (non-hydrogen) atoms. The summed E-state index contributed by atoms with van der Waals surface area (Å²) in [4.78, 5) is 11.5. The predicted octanol–water partition coefficient (Wildman–Crippen LogP) is 3.40. The summed E-state index contributed by atoms with van der Waals surface area (Å²) in [6.45, 7) is 5.69. The molecule has 0 saturated carbocycles. The molecular weight excluding hydrogens is 256 g/mol. The van der Waals surface area contributed by atoms with Crippen molar-refractivity contribution in [2.45, 2.75) is 6.92 Å². The van der Waals surface area contributed by atoms with Gasteiger partial charge in [-0.15, -0.1) is 0 Å². The number of ether oxygens (including phenoxy) is 2. The van der Waals surface area contributed by atoms with Gasteiger partial charge in [0.1, 0.15) is 11.5 Å².